The van der Waals surface area contributed by atoms with E-state index in [1.54, 1.807) is 0 Å². The quantitative estimate of drug-likeness (QED) is 0.345. The van der Waals surface area contributed by atoms with Crippen molar-refractivity contribution >= 4 is 28.6 Å². The summed E-state index contributed by atoms with van der Waals surface area (Å²) in [6.07, 6.45) is 0. The standard InChI is InChI=1S/C28H26N4OS/c1-17-9-8-12-22(14-17)26-30-27(33-31-26)24-20(4)32(23-15-18(2)13-19(3)16-23)28(34)29-25(24)21-10-6-5-7-11-21/h5-16,25H,1-4H3,(H,29,34). The first kappa shape index (κ1) is 22.0. The maximum atomic E-state index is 5.86. The van der Waals surface area contributed by atoms with E-state index in [-0.39, 0.29) is 6.04 Å². The van der Waals surface area contributed by atoms with Crippen LogP contribution in [0.5, 0.6) is 0 Å². The van der Waals surface area contributed by atoms with E-state index in [1.807, 2.05) is 30.3 Å². The highest BCUT2D eigenvalue weighted by molar-refractivity contribution is 7.80. The van der Waals surface area contributed by atoms with Crippen LogP contribution in [0, 0.1) is 20.8 Å². The molecule has 0 saturated carbocycles. The first-order chi connectivity index (χ1) is 16.4. The van der Waals surface area contributed by atoms with Gasteiger partial charge in [0.05, 0.1) is 11.6 Å². The summed E-state index contributed by atoms with van der Waals surface area (Å²) in [7, 11) is 0. The number of aromatic nitrogens is 2. The van der Waals surface area contributed by atoms with Crippen LogP contribution in [0.4, 0.5) is 5.69 Å². The lowest BCUT2D eigenvalue weighted by Crippen LogP contribution is -2.46. The van der Waals surface area contributed by atoms with Crippen LogP contribution in [0.25, 0.3) is 17.0 Å². The number of benzene rings is 3. The van der Waals surface area contributed by atoms with Crippen molar-refractivity contribution in [3.8, 4) is 11.4 Å². The highest BCUT2D eigenvalue weighted by Gasteiger charge is 2.34. The third-order valence-corrected chi connectivity index (χ3v) is 6.32. The molecule has 5 nitrogen and oxygen atoms in total. The molecular formula is C28H26N4OS. The summed E-state index contributed by atoms with van der Waals surface area (Å²) >= 11 is 5.86. The van der Waals surface area contributed by atoms with Gasteiger partial charge in [0.1, 0.15) is 0 Å². The molecule has 0 amide bonds. The Balaban J connectivity index is 1.67. The van der Waals surface area contributed by atoms with Crippen molar-refractivity contribution in [2.24, 2.45) is 0 Å². The predicted octanol–water partition coefficient (Wildman–Crippen LogP) is 6.53. The third kappa shape index (κ3) is 4.13. The van der Waals surface area contributed by atoms with Gasteiger partial charge in [-0.2, -0.15) is 4.98 Å². The number of rotatable bonds is 4. The number of nitrogens with zero attached hydrogens (tertiary/aromatic N) is 3. The zero-order chi connectivity index (χ0) is 23.8. The van der Waals surface area contributed by atoms with Gasteiger partial charge >= 0.3 is 0 Å². The summed E-state index contributed by atoms with van der Waals surface area (Å²) in [4.78, 5) is 6.87. The molecule has 1 N–H and O–H groups in total. The fourth-order valence-electron chi connectivity index (χ4n) is 4.54. The number of aryl methyl sites for hydroxylation is 3. The van der Waals surface area contributed by atoms with Crippen LogP contribution >= 0.6 is 12.2 Å². The molecule has 3 aromatic carbocycles. The third-order valence-electron chi connectivity index (χ3n) is 6.02. The summed E-state index contributed by atoms with van der Waals surface area (Å²) in [5.74, 6) is 1.05. The van der Waals surface area contributed by atoms with Crippen molar-refractivity contribution in [1.29, 1.82) is 0 Å². The first-order valence-electron chi connectivity index (χ1n) is 11.3. The minimum absolute atomic E-state index is 0.207. The van der Waals surface area contributed by atoms with E-state index < -0.39 is 0 Å². The zero-order valence-corrected chi connectivity index (χ0v) is 20.5. The molecule has 170 valence electrons. The van der Waals surface area contributed by atoms with Gasteiger partial charge in [-0.3, -0.25) is 4.90 Å². The lowest BCUT2D eigenvalue weighted by atomic mass is 9.94. The Kier molecular flexibility index (Phi) is 5.75. The number of nitrogens with one attached hydrogen (secondary N) is 1. The molecule has 1 atom stereocenters. The number of allylic oxidation sites excluding steroid dienone is 1. The van der Waals surface area contributed by atoms with Gasteiger partial charge in [0.2, 0.25) is 5.82 Å². The topological polar surface area (TPSA) is 54.2 Å². The summed E-state index contributed by atoms with van der Waals surface area (Å²) in [6.45, 7) is 8.30. The van der Waals surface area contributed by atoms with Gasteiger partial charge in [0.25, 0.3) is 5.89 Å². The second-order valence-electron chi connectivity index (χ2n) is 8.77. The molecule has 1 aliphatic rings. The molecule has 4 aromatic rings. The Hall–Kier alpha value is -3.77. The van der Waals surface area contributed by atoms with Crippen molar-refractivity contribution in [3.05, 3.63) is 107 Å². The molecule has 0 bridgehead atoms. The molecular weight excluding hydrogens is 440 g/mol. The second kappa shape index (κ2) is 8.88. The average molecular weight is 467 g/mol. The fourth-order valence-corrected chi connectivity index (χ4v) is 4.90. The van der Waals surface area contributed by atoms with Gasteiger partial charge in [-0.15, -0.1) is 0 Å². The van der Waals surface area contributed by atoms with E-state index in [4.69, 9.17) is 21.7 Å². The Bertz CT molecular complexity index is 1390. The molecule has 1 aromatic heterocycles. The number of anilines is 1. The SMILES string of the molecule is CC1=C(c2nc(-c3cccc(C)c3)no2)C(c2ccccc2)NC(=S)N1c1cc(C)cc(C)c1. The highest BCUT2D eigenvalue weighted by Crippen LogP contribution is 2.39. The van der Waals surface area contributed by atoms with Crippen LogP contribution in [0.1, 0.15) is 41.1 Å². The molecule has 5 rings (SSSR count). The number of hydrogen-bond acceptors (Lipinski definition) is 4. The van der Waals surface area contributed by atoms with Gasteiger partial charge < -0.3 is 9.84 Å². The predicted molar refractivity (Wildman–Crippen MR) is 140 cm³/mol. The van der Waals surface area contributed by atoms with E-state index in [9.17, 15) is 0 Å². The molecule has 6 heteroatoms. The van der Waals surface area contributed by atoms with Crippen LogP contribution in [0.3, 0.4) is 0 Å². The Morgan fingerprint density at radius 3 is 2.29 bits per heavy atom. The molecule has 0 saturated heterocycles. The highest BCUT2D eigenvalue weighted by atomic mass is 32.1. The summed E-state index contributed by atoms with van der Waals surface area (Å²) in [6, 6.07) is 24.5. The van der Waals surface area contributed by atoms with Crippen molar-refractivity contribution in [1.82, 2.24) is 15.5 Å². The van der Waals surface area contributed by atoms with Crippen LogP contribution in [-0.4, -0.2) is 15.3 Å². The lowest BCUT2D eigenvalue weighted by Gasteiger charge is -2.37. The van der Waals surface area contributed by atoms with Gasteiger partial charge in [0, 0.05) is 16.9 Å². The molecule has 34 heavy (non-hydrogen) atoms. The van der Waals surface area contributed by atoms with Gasteiger partial charge in [-0.25, -0.2) is 0 Å². The molecule has 0 spiro atoms. The Labute approximate surface area is 205 Å². The van der Waals surface area contributed by atoms with Crippen molar-refractivity contribution in [2.45, 2.75) is 33.7 Å². The number of hydrogen-bond donors (Lipinski definition) is 1. The fraction of sp³-hybridized carbons (Fsp3) is 0.179. The Morgan fingerprint density at radius 1 is 0.853 bits per heavy atom. The number of thiocarbonyl (C=S) groups is 1. The molecule has 0 radical (unpaired) electrons. The van der Waals surface area contributed by atoms with Gasteiger partial charge in [-0.05, 0) is 74.8 Å². The molecule has 1 aliphatic heterocycles. The van der Waals surface area contributed by atoms with Crippen LogP contribution in [0.2, 0.25) is 0 Å². The monoisotopic (exact) mass is 466 g/mol. The summed E-state index contributed by atoms with van der Waals surface area (Å²) < 4.78 is 5.86. The van der Waals surface area contributed by atoms with E-state index in [1.165, 1.54) is 11.1 Å². The normalized spacial score (nSPS) is 16.1. The van der Waals surface area contributed by atoms with Crippen LogP contribution in [0.15, 0.2) is 83.0 Å². The van der Waals surface area contributed by atoms with Crippen LogP contribution < -0.4 is 10.2 Å². The van der Waals surface area contributed by atoms with E-state index in [0.717, 1.165) is 33.6 Å². The van der Waals surface area contributed by atoms with Crippen molar-refractivity contribution in [2.75, 3.05) is 4.90 Å². The molecule has 2 heterocycles. The molecule has 0 aliphatic carbocycles. The van der Waals surface area contributed by atoms with Crippen LogP contribution in [-0.2, 0) is 0 Å². The lowest BCUT2D eigenvalue weighted by molar-refractivity contribution is 0.404. The molecule has 0 fully saturated rings. The molecule has 1 unspecified atom stereocenters. The average Bonchev–Trinajstić information content (AvgIpc) is 3.28. The minimum Gasteiger partial charge on any atom is -0.351 e. The van der Waals surface area contributed by atoms with Gasteiger partial charge in [-0.1, -0.05) is 65.3 Å². The first-order valence-corrected chi connectivity index (χ1v) is 11.7. The summed E-state index contributed by atoms with van der Waals surface area (Å²) in [5.41, 5.74) is 8.38. The zero-order valence-electron chi connectivity index (χ0n) is 19.7. The van der Waals surface area contributed by atoms with Gasteiger partial charge in [0.15, 0.2) is 5.11 Å². The van der Waals surface area contributed by atoms with E-state index in [2.05, 4.69) is 85.5 Å². The second-order valence-corrected chi connectivity index (χ2v) is 9.15. The maximum absolute atomic E-state index is 5.86. The minimum atomic E-state index is -0.207. The largest absolute Gasteiger partial charge is 0.351 e. The maximum Gasteiger partial charge on any atom is 0.258 e. The smallest absolute Gasteiger partial charge is 0.258 e. The van der Waals surface area contributed by atoms with E-state index >= 15 is 0 Å². The summed E-state index contributed by atoms with van der Waals surface area (Å²) in [5, 5.41) is 8.48. The van der Waals surface area contributed by atoms with E-state index in [0.29, 0.717) is 16.8 Å². The van der Waals surface area contributed by atoms with Crippen molar-refractivity contribution < 1.29 is 4.52 Å². The van der Waals surface area contributed by atoms with Crippen molar-refractivity contribution in [3.63, 3.8) is 0 Å². The Morgan fingerprint density at radius 2 is 1.59 bits per heavy atom.